The molecule has 15 heavy (non-hydrogen) atoms. The van der Waals surface area contributed by atoms with Gasteiger partial charge in [0.25, 0.3) is 0 Å². The number of rotatable bonds is 2. The zero-order valence-corrected chi connectivity index (χ0v) is 12.1. The molecule has 0 saturated heterocycles. The maximum atomic E-state index is 12.0. The molecule has 0 aliphatic heterocycles. The van der Waals surface area contributed by atoms with Crippen LogP contribution in [-0.4, -0.2) is 22.4 Å². The molecular weight excluding hydrogens is 224 g/mol. The molecule has 1 unspecified atom stereocenters. The average molecular weight is 246 g/mol. The smallest absolute Gasteiger partial charge is 0.158 e. The van der Waals surface area contributed by atoms with Gasteiger partial charge in [0, 0.05) is 6.42 Å². The van der Waals surface area contributed by atoms with Crippen molar-refractivity contribution in [1.82, 2.24) is 0 Å². The molecule has 1 atom stereocenters. The van der Waals surface area contributed by atoms with Gasteiger partial charge >= 0.3 is 0 Å². The van der Waals surface area contributed by atoms with E-state index < -0.39 is 0 Å². The van der Waals surface area contributed by atoms with E-state index in [2.05, 4.69) is 33.3 Å². The highest BCUT2D eigenvalue weighted by Gasteiger charge is 2.45. The molecule has 1 aliphatic carbocycles. The number of carbonyl (C=O) groups is 1. The van der Waals surface area contributed by atoms with Crippen molar-refractivity contribution in [1.29, 1.82) is 0 Å². The van der Waals surface area contributed by atoms with Crippen molar-refractivity contribution < 1.29 is 4.79 Å². The SMILES string of the molecule is CSC1(SC)CC(C(C)(C)C)CCC1=O. The predicted molar refractivity (Wildman–Crippen MR) is 71.6 cm³/mol. The molecule has 88 valence electrons. The van der Waals surface area contributed by atoms with Crippen LogP contribution in [0.1, 0.15) is 40.0 Å². The van der Waals surface area contributed by atoms with Crippen LogP contribution in [0.4, 0.5) is 0 Å². The molecule has 0 heterocycles. The topological polar surface area (TPSA) is 17.1 Å². The molecule has 1 fully saturated rings. The summed E-state index contributed by atoms with van der Waals surface area (Å²) >= 11 is 3.47. The number of Topliss-reactive ketones (excluding diaryl/α,β-unsaturated/α-hetero) is 1. The van der Waals surface area contributed by atoms with Crippen molar-refractivity contribution in [3.63, 3.8) is 0 Å². The minimum atomic E-state index is -0.157. The zero-order valence-electron chi connectivity index (χ0n) is 10.4. The molecule has 0 aromatic rings. The highest BCUT2D eigenvalue weighted by atomic mass is 32.2. The van der Waals surface area contributed by atoms with E-state index in [1.807, 2.05) is 0 Å². The fraction of sp³-hybridized carbons (Fsp3) is 0.917. The van der Waals surface area contributed by atoms with Gasteiger partial charge < -0.3 is 0 Å². The first kappa shape index (κ1) is 13.4. The summed E-state index contributed by atoms with van der Waals surface area (Å²) in [6.45, 7) is 6.87. The lowest BCUT2D eigenvalue weighted by Gasteiger charge is -2.42. The van der Waals surface area contributed by atoms with Gasteiger partial charge in [0.15, 0.2) is 5.78 Å². The normalized spacial score (nSPS) is 26.7. The summed E-state index contributed by atoms with van der Waals surface area (Å²) in [5, 5.41) is 0. The molecule has 0 aromatic heterocycles. The molecule has 0 spiro atoms. The van der Waals surface area contributed by atoms with Crippen LogP contribution in [0.2, 0.25) is 0 Å². The monoisotopic (exact) mass is 246 g/mol. The number of carbonyl (C=O) groups excluding carboxylic acids is 1. The van der Waals surface area contributed by atoms with E-state index in [-0.39, 0.29) is 4.08 Å². The van der Waals surface area contributed by atoms with Gasteiger partial charge in [0.2, 0.25) is 0 Å². The molecule has 0 aromatic carbocycles. The van der Waals surface area contributed by atoms with Gasteiger partial charge in [-0.1, -0.05) is 20.8 Å². The standard InChI is InChI=1S/C12H22OS2/c1-11(2,3)9-6-7-10(13)12(8-9,14-4)15-5/h9H,6-8H2,1-5H3. The lowest BCUT2D eigenvalue weighted by Crippen LogP contribution is -2.41. The van der Waals surface area contributed by atoms with E-state index in [4.69, 9.17) is 0 Å². The second-order valence-electron chi connectivity index (χ2n) is 5.39. The Hall–Kier alpha value is 0.370. The third-order valence-electron chi connectivity index (χ3n) is 3.54. The third kappa shape index (κ3) is 2.73. The van der Waals surface area contributed by atoms with Crippen molar-refractivity contribution in [2.75, 3.05) is 12.5 Å². The van der Waals surface area contributed by atoms with E-state index in [1.165, 1.54) is 0 Å². The van der Waals surface area contributed by atoms with Crippen LogP contribution < -0.4 is 0 Å². The third-order valence-corrected chi connectivity index (χ3v) is 6.65. The maximum absolute atomic E-state index is 12.0. The molecule has 1 saturated carbocycles. The summed E-state index contributed by atoms with van der Waals surface area (Å²) in [4.78, 5) is 12.0. The first-order valence-corrected chi connectivity index (χ1v) is 7.94. The van der Waals surface area contributed by atoms with Crippen molar-refractivity contribution in [2.45, 2.75) is 44.1 Å². The Morgan fingerprint density at radius 1 is 1.27 bits per heavy atom. The van der Waals surface area contributed by atoms with Gasteiger partial charge in [0.05, 0.1) is 0 Å². The van der Waals surface area contributed by atoms with Crippen LogP contribution in [0, 0.1) is 11.3 Å². The number of hydrogen-bond acceptors (Lipinski definition) is 3. The molecule has 1 nitrogen and oxygen atoms in total. The van der Waals surface area contributed by atoms with Gasteiger partial charge in [-0.3, -0.25) is 4.79 Å². The van der Waals surface area contributed by atoms with E-state index in [1.54, 1.807) is 23.5 Å². The Labute approximate surface area is 102 Å². The second kappa shape index (κ2) is 4.70. The van der Waals surface area contributed by atoms with Crippen molar-refractivity contribution in [3.05, 3.63) is 0 Å². The van der Waals surface area contributed by atoms with Gasteiger partial charge in [-0.15, -0.1) is 23.5 Å². The largest absolute Gasteiger partial charge is 0.297 e. The minimum Gasteiger partial charge on any atom is -0.297 e. The number of thioether (sulfide) groups is 2. The molecule has 0 radical (unpaired) electrons. The Kier molecular flexibility index (Phi) is 4.21. The predicted octanol–water partition coefficient (Wildman–Crippen LogP) is 3.82. The van der Waals surface area contributed by atoms with Crippen LogP contribution in [0.15, 0.2) is 0 Å². The van der Waals surface area contributed by atoms with E-state index in [0.29, 0.717) is 17.1 Å². The molecule has 1 rings (SSSR count). The first-order valence-electron chi connectivity index (χ1n) is 5.49. The maximum Gasteiger partial charge on any atom is 0.158 e. The van der Waals surface area contributed by atoms with Crippen LogP contribution in [0.3, 0.4) is 0 Å². The Morgan fingerprint density at radius 2 is 1.80 bits per heavy atom. The van der Waals surface area contributed by atoms with Gasteiger partial charge in [0.1, 0.15) is 4.08 Å². The fourth-order valence-corrected chi connectivity index (χ4v) is 4.31. The lowest BCUT2D eigenvalue weighted by molar-refractivity contribution is -0.122. The van der Waals surface area contributed by atoms with Crippen LogP contribution in [0.5, 0.6) is 0 Å². The van der Waals surface area contributed by atoms with Crippen molar-refractivity contribution >= 4 is 29.3 Å². The van der Waals surface area contributed by atoms with E-state index >= 15 is 0 Å². The second-order valence-corrected chi connectivity index (χ2v) is 7.86. The Bertz CT molecular complexity index is 238. The summed E-state index contributed by atoms with van der Waals surface area (Å²) in [5.41, 5.74) is 0.331. The molecule has 0 N–H and O–H groups in total. The average Bonchev–Trinajstić information content (AvgIpc) is 2.17. The fourth-order valence-electron chi connectivity index (χ4n) is 2.25. The quantitative estimate of drug-likeness (QED) is 0.689. The van der Waals surface area contributed by atoms with Crippen LogP contribution in [-0.2, 0) is 4.79 Å². The molecule has 3 heteroatoms. The molecule has 0 bridgehead atoms. The molecular formula is C12H22OS2. The minimum absolute atomic E-state index is 0.157. The van der Waals surface area contributed by atoms with Gasteiger partial charge in [-0.2, -0.15) is 0 Å². The Morgan fingerprint density at radius 3 is 2.20 bits per heavy atom. The van der Waals surface area contributed by atoms with Crippen LogP contribution >= 0.6 is 23.5 Å². The highest BCUT2D eigenvalue weighted by Crippen LogP contribution is 2.50. The zero-order chi connectivity index (χ0) is 11.7. The van der Waals surface area contributed by atoms with Crippen LogP contribution in [0.25, 0.3) is 0 Å². The van der Waals surface area contributed by atoms with Crippen molar-refractivity contribution in [2.24, 2.45) is 11.3 Å². The number of hydrogen-bond donors (Lipinski definition) is 0. The summed E-state index contributed by atoms with van der Waals surface area (Å²) in [6, 6.07) is 0. The number of ketones is 1. The molecule has 1 aliphatic rings. The summed E-state index contributed by atoms with van der Waals surface area (Å²) < 4.78 is -0.157. The summed E-state index contributed by atoms with van der Waals surface area (Å²) in [7, 11) is 0. The summed E-state index contributed by atoms with van der Waals surface area (Å²) in [5.74, 6) is 1.12. The van der Waals surface area contributed by atoms with Crippen molar-refractivity contribution in [3.8, 4) is 0 Å². The molecule has 0 amide bonds. The highest BCUT2D eigenvalue weighted by molar-refractivity contribution is 8.18. The van der Waals surface area contributed by atoms with Gasteiger partial charge in [-0.25, -0.2) is 0 Å². The van der Waals surface area contributed by atoms with E-state index in [0.717, 1.165) is 19.3 Å². The Balaban J connectivity index is 2.85. The summed E-state index contributed by atoms with van der Waals surface area (Å²) in [6.07, 6.45) is 7.02. The van der Waals surface area contributed by atoms with E-state index in [9.17, 15) is 4.79 Å². The first-order chi connectivity index (χ1) is 6.85. The lowest BCUT2D eigenvalue weighted by atomic mass is 9.72. The van der Waals surface area contributed by atoms with Gasteiger partial charge in [-0.05, 0) is 36.7 Å².